The number of aromatic nitrogens is 5. The van der Waals surface area contributed by atoms with E-state index in [1.807, 2.05) is 41.8 Å². The molecule has 0 aliphatic carbocycles. The van der Waals surface area contributed by atoms with Crippen molar-refractivity contribution in [3.05, 3.63) is 54.6 Å². The van der Waals surface area contributed by atoms with E-state index >= 15 is 0 Å². The smallest absolute Gasteiger partial charge is 0.145 e. The van der Waals surface area contributed by atoms with Gasteiger partial charge < -0.3 is 14.8 Å². The molecular formula is C27H27N7O2S. The van der Waals surface area contributed by atoms with Gasteiger partial charge in [-0.1, -0.05) is 0 Å². The Morgan fingerprint density at radius 2 is 1.92 bits per heavy atom. The Hall–Kier alpha value is -3.60. The average Bonchev–Trinajstić information content (AvgIpc) is 3.53. The maximum absolute atomic E-state index is 6.74. The van der Waals surface area contributed by atoms with Crippen LogP contribution in [-0.2, 0) is 11.8 Å². The largest absolute Gasteiger partial charge is 0.489 e. The summed E-state index contributed by atoms with van der Waals surface area (Å²) in [7, 11) is 1.92. The second-order valence-corrected chi connectivity index (χ2v) is 10.6. The van der Waals surface area contributed by atoms with Crippen molar-refractivity contribution in [1.29, 1.82) is 0 Å². The molecule has 1 N–H and O–H groups in total. The summed E-state index contributed by atoms with van der Waals surface area (Å²) in [5.74, 6) is 1.52. The van der Waals surface area contributed by atoms with Crippen LogP contribution in [0.25, 0.3) is 32.2 Å². The number of fused-ring (bicyclic) bond motifs is 2. The number of likely N-dealkylation sites (tertiary alicyclic amines) is 1. The number of thiazole rings is 1. The van der Waals surface area contributed by atoms with Crippen LogP contribution in [0.4, 0.5) is 11.5 Å². The van der Waals surface area contributed by atoms with Gasteiger partial charge in [-0.2, -0.15) is 5.10 Å². The number of hydrogen-bond acceptors (Lipinski definition) is 9. The molecule has 3 aromatic heterocycles. The zero-order valence-electron chi connectivity index (χ0n) is 20.5. The van der Waals surface area contributed by atoms with Crippen LogP contribution in [0.5, 0.6) is 5.75 Å². The molecule has 2 aromatic carbocycles. The lowest BCUT2D eigenvalue weighted by atomic mass is 10.0. The molecule has 188 valence electrons. The Kier molecular flexibility index (Phi) is 5.72. The van der Waals surface area contributed by atoms with Gasteiger partial charge in [-0.3, -0.25) is 9.58 Å². The zero-order valence-corrected chi connectivity index (χ0v) is 21.3. The van der Waals surface area contributed by atoms with Gasteiger partial charge >= 0.3 is 0 Å². The average molecular weight is 514 g/mol. The predicted octanol–water partition coefficient (Wildman–Crippen LogP) is 4.63. The highest BCUT2D eigenvalue weighted by Gasteiger charge is 2.30. The first-order chi connectivity index (χ1) is 18.2. The number of anilines is 2. The van der Waals surface area contributed by atoms with E-state index < -0.39 is 0 Å². The van der Waals surface area contributed by atoms with Gasteiger partial charge in [0.05, 0.1) is 52.1 Å². The summed E-state index contributed by atoms with van der Waals surface area (Å²) in [5, 5.41) is 8.76. The lowest BCUT2D eigenvalue weighted by molar-refractivity contribution is -0.0777. The van der Waals surface area contributed by atoms with Crippen molar-refractivity contribution in [2.24, 2.45) is 7.05 Å². The van der Waals surface area contributed by atoms with E-state index in [0.717, 1.165) is 88.6 Å². The third-order valence-electron chi connectivity index (χ3n) is 7.24. The summed E-state index contributed by atoms with van der Waals surface area (Å²) >= 11 is 1.62. The topological polar surface area (TPSA) is 90.2 Å². The summed E-state index contributed by atoms with van der Waals surface area (Å²) in [4.78, 5) is 16.2. The molecule has 2 aliphatic rings. The quantitative estimate of drug-likeness (QED) is 0.352. The summed E-state index contributed by atoms with van der Waals surface area (Å²) in [6.07, 6.45) is 7.57. The first-order valence-electron chi connectivity index (χ1n) is 12.6. The Labute approximate surface area is 218 Å². The summed E-state index contributed by atoms with van der Waals surface area (Å²) in [6, 6.07) is 10.9. The lowest BCUT2D eigenvalue weighted by Gasteiger charge is -2.41. The standard InChI is InChI=1S/C27H27N7O2S/c1-33-12-18(11-31-33)17-8-23-26(24(9-17)36-21-4-6-34(7-5-21)20-13-35-14-20)27(29-15-28-23)32-19-2-3-22-25(10-19)37-16-30-22/h2-3,8-12,15-16,20-21H,4-7,13-14H2,1H3,(H,28,29,32). The van der Waals surface area contributed by atoms with E-state index in [1.165, 1.54) is 0 Å². The molecule has 0 bridgehead atoms. The fourth-order valence-corrected chi connectivity index (χ4v) is 5.84. The van der Waals surface area contributed by atoms with Crippen molar-refractivity contribution in [1.82, 2.24) is 29.6 Å². The molecule has 0 unspecified atom stereocenters. The number of piperidine rings is 1. The van der Waals surface area contributed by atoms with E-state index in [-0.39, 0.29) is 6.10 Å². The van der Waals surface area contributed by atoms with Gasteiger partial charge in [-0.05, 0) is 48.7 Å². The zero-order chi connectivity index (χ0) is 24.8. The number of nitrogens with zero attached hydrogens (tertiary/aromatic N) is 6. The molecule has 5 aromatic rings. The Balaban J connectivity index is 1.25. The monoisotopic (exact) mass is 513 g/mol. The van der Waals surface area contributed by atoms with Crippen molar-refractivity contribution in [2.75, 3.05) is 31.6 Å². The van der Waals surface area contributed by atoms with E-state index in [4.69, 9.17) is 9.47 Å². The van der Waals surface area contributed by atoms with Gasteiger partial charge in [0.2, 0.25) is 0 Å². The highest BCUT2D eigenvalue weighted by Crippen LogP contribution is 2.38. The highest BCUT2D eigenvalue weighted by molar-refractivity contribution is 7.16. The highest BCUT2D eigenvalue weighted by atomic mass is 32.1. The lowest BCUT2D eigenvalue weighted by Crippen LogP contribution is -2.52. The minimum absolute atomic E-state index is 0.131. The fraction of sp³-hybridized carbons (Fsp3) is 0.333. The Bertz CT molecular complexity index is 1570. The van der Waals surface area contributed by atoms with Crippen LogP contribution in [0.1, 0.15) is 12.8 Å². The Morgan fingerprint density at radius 1 is 1.03 bits per heavy atom. The molecule has 0 radical (unpaired) electrons. The number of benzene rings is 2. The molecule has 9 nitrogen and oxygen atoms in total. The first-order valence-corrected chi connectivity index (χ1v) is 13.4. The molecule has 10 heteroatoms. The number of ether oxygens (including phenoxy) is 2. The van der Waals surface area contributed by atoms with Crippen molar-refractivity contribution >= 4 is 44.0 Å². The van der Waals surface area contributed by atoms with Gasteiger partial charge in [0, 0.05) is 37.6 Å². The van der Waals surface area contributed by atoms with Crippen molar-refractivity contribution in [2.45, 2.75) is 25.0 Å². The fourth-order valence-electron chi connectivity index (χ4n) is 5.12. The molecule has 2 fully saturated rings. The number of hydrogen-bond donors (Lipinski definition) is 1. The van der Waals surface area contributed by atoms with Crippen LogP contribution in [-0.4, -0.2) is 68.1 Å². The maximum Gasteiger partial charge on any atom is 0.145 e. The minimum Gasteiger partial charge on any atom is -0.489 e. The van der Waals surface area contributed by atoms with Crippen LogP contribution in [0, 0.1) is 0 Å². The third-order valence-corrected chi connectivity index (χ3v) is 8.03. The maximum atomic E-state index is 6.74. The molecule has 0 amide bonds. The number of aryl methyl sites for hydroxylation is 1. The van der Waals surface area contributed by atoms with Gasteiger partial charge in [-0.25, -0.2) is 15.0 Å². The molecule has 5 heterocycles. The van der Waals surface area contributed by atoms with Crippen molar-refractivity contribution in [3.8, 4) is 16.9 Å². The number of rotatable bonds is 6. The SMILES string of the molecule is Cn1cc(-c2cc(OC3CCN(C4COC4)CC3)c3c(Nc4ccc5ncsc5c4)ncnc3c2)cn1. The van der Waals surface area contributed by atoms with Crippen LogP contribution >= 0.6 is 11.3 Å². The molecule has 0 atom stereocenters. The summed E-state index contributed by atoms with van der Waals surface area (Å²) in [6.45, 7) is 3.75. The Morgan fingerprint density at radius 3 is 2.70 bits per heavy atom. The molecule has 2 aliphatic heterocycles. The van der Waals surface area contributed by atoms with Crippen molar-refractivity contribution in [3.63, 3.8) is 0 Å². The molecule has 2 saturated heterocycles. The van der Waals surface area contributed by atoms with Crippen LogP contribution in [0.15, 0.2) is 54.6 Å². The van der Waals surface area contributed by atoms with Crippen molar-refractivity contribution < 1.29 is 9.47 Å². The van der Waals surface area contributed by atoms with Gasteiger partial charge in [0.25, 0.3) is 0 Å². The van der Waals surface area contributed by atoms with Gasteiger partial charge in [0.1, 0.15) is 24.0 Å². The summed E-state index contributed by atoms with van der Waals surface area (Å²) < 4.78 is 15.1. The van der Waals surface area contributed by atoms with Gasteiger partial charge in [-0.15, -0.1) is 11.3 Å². The van der Waals surface area contributed by atoms with Crippen LogP contribution in [0.2, 0.25) is 0 Å². The van der Waals surface area contributed by atoms with E-state index in [9.17, 15) is 0 Å². The van der Waals surface area contributed by atoms with Gasteiger partial charge in [0.15, 0.2) is 0 Å². The first kappa shape index (κ1) is 22.6. The normalized spacial score (nSPS) is 17.3. The molecule has 37 heavy (non-hydrogen) atoms. The van der Waals surface area contributed by atoms with E-state index in [2.05, 4.69) is 48.5 Å². The van der Waals surface area contributed by atoms with Crippen LogP contribution in [0.3, 0.4) is 0 Å². The van der Waals surface area contributed by atoms with E-state index in [1.54, 1.807) is 17.7 Å². The molecule has 0 saturated carbocycles. The third kappa shape index (κ3) is 4.41. The number of nitrogens with one attached hydrogen (secondary N) is 1. The van der Waals surface area contributed by atoms with E-state index in [0.29, 0.717) is 6.04 Å². The molecular weight excluding hydrogens is 486 g/mol. The predicted molar refractivity (Wildman–Crippen MR) is 144 cm³/mol. The second kappa shape index (κ2) is 9.37. The molecule has 0 spiro atoms. The van der Waals surface area contributed by atoms with Crippen LogP contribution < -0.4 is 10.1 Å². The minimum atomic E-state index is 0.131. The second-order valence-electron chi connectivity index (χ2n) is 9.70. The molecule has 7 rings (SSSR count). The summed E-state index contributed by atoms with van der Waals surface area (Å²) in [5.41, 5.74) is 6.69.